The number of aryl methyl sites for hydroxylation is 3. The van der Waals surface area contributed by atoms with E-state index >= 15 is 0 Å². The highest BCUT2D eigenvalue weighted by Crippen LogP contribution is 2.19. The van der Waals surface area contributed by atoms with E-state index in [-0.39, 0.29) is 0 Å². The molecule has 0 saturated carbocycles. The summed E-state index contributed by atoms with van der Waals surface area (Å²) in [6.07, 6.45) is 7.08. The van der Waals surface area contributed by atoms with Crippen molar-refractivity contribution < 1.29 is 0 Å². The van der Waals surface area contributed by atoms with E-state index in [1.807, 2.05) is 31.0 Å². The van der Waals surface area contributed by atoms with Crippen molar-refractivity contribution in [2.75, 3.05) is 18.0 Å². The second-order valence-electron chi connectivity index (χ2n) is 6.61. The molecule has 0 radical (unpaired) electrons. The summed E-state index contributed by atoms with van der Waals surface area (Å²) in [6.45, 7) is 6.99. The molecule has 0 amide bonds. The number of nitrogens with one attached hydrogen (secondary N) is 1. The molecule has 3 aromatic rings. The van der Waals surface area contributed by atoms with Crippen LogP contribution in [-0.2, 0) is 13.6 Å². The molecule has 7 heteroatoms. The fourth-order valence-electron chi connectivity index (χ4n) is 3.50. The third-order valence-electron chi connectivity index (χ3n) is 4.68. The Bertz CT molecular complexity index is 863. The first kappa shape index (κ1) is 15.1. The van der Waals surface area contributed by atoms with Gasteiger partial charge in [0.2, 0.25) is 5.78 Å². The van der Waals surface area contributed by atoms with Gasteiger partial charge in [0.15, 0.2) is 0 Å². The minimum atomic E-state index is 0.481. The topological polar surface area (TPSA) is 63.3 Å². The fraction of sp³-hybridized carbons (Fsp3) is 0.471. The molecule has 24 heavy (non-hydrogen) atoms. The molecule has 1 saturated heterocycles. The average molecular weight is 325 g/mol. The number of anilines is 1. The van der Waals surface area contributed by atoms with Gasteiger partial charge in [-0.3, -0.25) is 9.08 Å². The van der Waals surface area contributed by atoms with Gasteiger partial charge in [0, 0.05) is 50.3 Å². The summed E-state index contributed by atoms with van der Waals surface area (Å²) in [7, 11) is 1.96. The molecule has 3 aromatic heterocycles. The zero-order chi connectivity index (χ0) is 16.7. The summed E-state index contributed by atoms with van der Waals surface area (Å²) in [6, 6.07) is 2.58. The van der Waals surface area contributed by atoms with Crippen LogP contribution in [-0.4, -0.2) is 43.3 Å². The van der Waals surface area contributed by atoms with Gasteiger partial charge in [0.05, 0.1) is 23.8 Å². The van der Waals surface area contributed by atoms with Crippen molar-refractivity contribution in [3.05, 3.63) is 41.7 Å². The van der Waals surface area contributed by atoms with Crippen LogP contribution in [0.3, 0.4) is 0 Å². The Morgan fingerprint density at radius 3 is 2.96 bits per heavy atom. The number of nitrogens with zero attached hydrogens (tertiary/aromatic N) is 6. The van der Waals surface area contributed by atoms with E-state index in [1.54, 1.807) is 0 Å². The van der Waals surface area contributed by atoms with Gasteiger partial charge in [-0.2, -0.15) is 5.10 Å². The highest BCUT2D eigenvalue weighted by Gasteiger charge is 2.23. The van der Waals surface area contributed by atoms with E-state index in [9.17, 15) is 0 Å². The summed E-state index contributed by atoms with van der Waals surface area (Å²) < 4.78 is 3.99. The molecule has 1 aliphatic rings. The van der Waals surface area contributed by atoms with E-state index in [0.717, 1.165) is 43.2 Å². The minimum Gasteiger partial charge on any atom is -0.367 e. The lowest BCUT2D eigenvalue weighted by Gasteiger charge is -2.17. The van der Waals surface area contributed by atoms with Gasteiger partial charge in [-0.05, 0) is 26.3 Å². The monoisotopic (exact) mass is 325 g/mol. The van der Waals surface area contributed by atoms with Crippen LogP contribution >= 0.6 is 0 Å². The maximum atomic E-state index is 4.50. The highest BCUT2D eigenvalue weighted by molar-refractivity contribution is 5.43. The molecule has 1 aliphatic heterocycles. The van der Waals surface area contributed by atoms with E-state index in [0.29, 0.717) is 6.04 Å². The van der Waals surface area contributed by atoms with Crippen molar-refractivity contribution in [3.63, 3.8) is 0 Å². The Labute approximate surface area is 141 Å². The van der Waals surface area contributed by atoms with Gasteiger partial charge >= 0.3 is 0 Å². The molecular weight excluding hydrogens is 302 g/mol. The molecule has 1 N–H and O–H groups in total. The average Bonchev–Trinajstić information content (AvgIpc) is 3.24. The van der Waals surface area contributed by atoms with Crippen LogP contribution in [0.1, 0.15) is 23.5 Å². The van der Waals surface area contributed by atoms with Crippen LogP contribution in [0.5, 0.6) is 0 Å². The predicted octanol–water partition coefficient (Wildman–Crippen LogP) is 1.45. The van der Waals surface area contributed by atoms with Crippen molar-refractivity contribution in [1.82, 2.24) is 29.5 Å². The summed E-state index contributed by atoms with van der Waals surface area (Å²) in [4.78, 5) is 11.3. The van der Waals surface area contributed by atoms with E-state index in [2.05, 4.69) is 48.9 Å². The van der Waals surface area contributed by atoms with Crippen molar-refractivity contribution in [2.24, 2.45) is 7.05 Å². The first-order valence-corrected chi connectivity index (χ1v) is 8.38. The Hall–Kier alpha value is -2.41. The molecule has 0 aromatic carbocycles. The number of hydrogen-bond donors (Lipinski definition) is 1. The van der Waals surface area contributed by atoms with Crippen LogP contribution < -0.4 is 10.2 Å². The first-order chi connectivity index (χ1) is 11.6. The van der Waals surface area contributed by atoms with Gasteiger partial charge < -0.3 is 10.2 Å². The highest BCUT2D eigenvalue weighted by atomic mass is 15.3. The van der Waals surface area contributed by atoms with Gasteiger partial charge in [0.25, 0.3) is 0 Å². The van der Waals surface area contributed by atoms with Crippen LogP contribution in [0.15, 0.2) is 24.7 Å². The van der Waals surface area contributed by atoms with Gasteiger partial charge in [-0.25, -0.2) is 9.97 Å². The third-order valence-corrected chi connectivity index (χ3v) is 4.68. The van der Waals surface area contributed by atoms with Gasteiger partial charge in [-0.1, -0.05) is 0 Å². The Balaban J connectivity index is 1.43. The normalized spacial score (nSPS) is 18.0. The molecule has 4 rings (SSSR count). The van der Waals surface area contributed by atoms with E-state index in [1.165, 1.54) is 11.4 Å². The zero-order valence-electron chi connectivity index (χ0n) is 14.4. The number of aromatic nitrogens is 5. The first-order valence-electron chi connectivity index (χ1n) is 8.38. The van der Waals surface area contributed by atoms with Crippen LogP contribution in [0.25, 0.3) is 5.78 Å². The summed E-state index contributed by atoms with van der Waals surface area (Å²) in [5.74, 6) is 0.785. The number of hydrogen-bond acceptors (Lipinski definition) is 5. The Kier molecular flexibility index (Phi) is 3.72. The van der Waals surface area contributed by atoms with Crippen molar-refractivity contribution in [2.45, 2.75) is 32.9 Å². The van der Waals surface area contributed by atoms with E-state index < -0.39 is 0 Å². The molecule has 1 unspecified atom stereocenters. The summed E-state index contributed by atoms with van der Waals surface area (Å²) in [5, 5.41) is 7.93. The quantitative estimate of drug-likeness (QED) is 0.786. The smallest absolute Gasteiger partial charge is 0.234 e. The van der Waals surface area contributed by atoms with Crippen molar-refractivity contribution in [3.8, 4) is 0 Å². The standard InChI is InChI=1S/C17H23N7/c1-12-6-13(2)24-15(8-19-17(24)21-12)7-18-14-4-5-23(10-14)16-9-20-22(3)11-16/h6,8-9,11,14,18H,4-5,7,10H2,1-3H3. The molecule has 7 nitrogen and oxygen atoms in total. The maximum absolute atomic E-state index is 4.50. The molecule has 126 valence electrons. The number of fused-ring (bicyclic) bond motifs is 1. The van der Waals surface area contributed by atoms with Crippen LogP contribution in [0.4, 0.5) is 5.69 Å². The lowest BCUT2D eigenvalue weighted by Crippen LogP contribution is -2.32. The maximum Gasteiger partial charge on any atom is 0.234 e. The zero-order valence-corrected chi connectivity index (χ0v) is 14.4. The largest absolute Gasteiger partial charge is 0.367 e. The lowest BCUT2D eigenvalue weighted by atomic mass is 10.2. The van der Waals surface area contributed by atoms with Crippen LogP contribution in [0.2, 0.25) is 0 Å². The summed E-state index contributed by atoms with van der Waals surface area (Å²) in [5.41, 5.74) is 4.55. The SMILES string of the molecule is Cc1cc(C)n2c(CNC3CCN(c4cnn(C)c4)C3)cnc2n1. The van der Waals surface area contributed by atoms with E-state index in [4.69, 9.17) is 0 Å². The number of imidazole rings is 1. The molecule has 1 fully saturated rings. The minimum absolute atomic E-state index is 0.481. The molecule has 1 atom stereocenters. The molecule has 0 bridgehead atoms. The molecule has 0 aliphatic carbocycles. The van der Waals surface area contributed by atoms with Gasteiger partial charge in [0.1, 0.15) is 0 Å². The Morgan fingerprint density at radius 1 is 1.29 bits per heavy atom. The van der Waals surface area contributed by atoms with Crippen molar-refractivity contribution >= 4 is 11.5 Å². The third kappa shape index (κ3) is 2.75. The second kappa shape index (κ2) is 5.90. The molecule has 0 spiro atoms. The summed E-state index contributed by atoms with van der Waals surface area (Å²) >= 11 is 0. The van der Waals surface area contributed by atoms with Gasteiger partial charge in [-0.15, -0.1) is 0 Å². The molecular formula is C17H23N7. The second-order valence-corrected chi connectivity index (χ2v) is 6.61. The lowest BCUT2D eigenvalue weighted by molar-refractivity contribution is 0.543. The fourth-order valence-corrected chi connectivity index (χ4v) is 3.50. The van der Waals surface area contributed by atoms with Crippen LogP contribution in [0, 0.1) is 13.8 Å². The predicted molar refractivity (Wildman–Crippen MR) is 93.1 cm³/mol. The molecule has 4 heterocycles. The Morgan fingerprint density at radius 2 is 2.17 bits per heavy atom. The van der Waals surface area contributed by atoms with Crippen molar-refractivity contribution in [1.29, 1.82) is 0 Å². The number of rotatable bonds is 4.